The van der Waals surface area contributed by atoms with Crippen LogP contribution in [-0.4, -0.2) is 10.5 Å². The molecule has 0 bridgehead atoms. The number of aryl methyl sites for hydroxylation is 1. The van der Waals surface area contributed by atoms with Gasteiger partial charge in [-0.2, -0.15) is 4.99 Å². The summed E-state index contributed by atoms with van der Waals surface area (Å²) in [6, 6.07) is 21.8. The first-order chi connectivity index (χ1) is 11.2. The molecule has 112 valence electrons. The number of hydrogen-bond acceptors (Lipinski definition) is 2. The van der Waals surface area contributed by atoms with Gasteiger partial charge in [-0.25, -0.2) is 0 Å². The number of benzene rings is 3. The van der Waals surface area contributed by atoms with Crippen molar-refractivity contribution >= 4 is 38.2 Å². The molecule has 0 spiro atoms. The standard InChI is InChI=1S/C19H14N2OS/c1-21-16-8-4-5-9-17(16)23-19(21)20-18(22)15-11-10-13-6-2-3-7-14(13)12-15/h2-12H,1H3. The number of aromatic nitrogens is 1. The number of thiazole rings is 1. The second kappa shape index (κ2) is 5.48. The molecule has 4 heteroatoms. The molecule has 0 saturated heterocycles. The van der Waals surface area contributed by atoms with Gasteiger partial charge in [-0.1, -0.05) is 53.8 Å². The molecule has 0 aliphatic heterocycles. The number of para-hydroxylation sites is 1. The molecule has 1 amide bonds. The van der Waals surface area contributed by atoms with Crippen molar-refractivity contribution in [1.29, 1.82) is 0 Å². The summed E-state index contributed by atoms with van der Waals surface area (Å²) in [5.41, 5.74) is 1.70. The molecule has 1 aromatic heterocycles. The molecule has 3 aromatic carbocycles. The highest BCUT2D eigenvalue weighted by atomic mass is 32.1. The van der Waals surface area contributed by atoms with Gasteiger partial charge in [0.1, 0.15) is 0 Å². The molecule has 1 heterocycles. The maximum Gasteiger partial charge on any atom is 0.279 e. The average Bonchev–Trinajstić information content (AvgIpc) is 2.91. The highest BCUT2D eigenvalue weighted by Crippen LogP contribution is 2.17. The lowest BCUT2D eigenvalue weighted by Crippen LogP contribution is -2.13. The van der Waals surface area contributed by atoms with Gasteiger partial charge in [0.2, 0.25) is 0 Å². The summed E-state index contributed by atoms with van der Waals surface area (Å²) in [6.45, 7) is 0. The molecule has 0 saturated carbocycles. The molecule has 4 aromatic rings. The van der Waals surface area contributed by atoms with Gasteiger partial charge in [0, 0.05) is 12.6 Å². The Kier molecular flexibility index (Phi) is 3.32. The quantitative estimate of drug-likeness (QED) is 0.519. The molecular formula is C19H14N2OS. The third-order valence-corrected chi connectivity index (χ3v) is 5.02. The smallest absolute Gasteiger partial charge is 0.279 e. The molecule has 0 radical (unpaired) electrons. The lowest BCUT2D eigenvalue weighted by molar-refractivity contribution is 0.0998. The Balaban J connectivity index is 1.82. The third kappa shape index (κ3) is 2.47. The minimum absolute atomic E-state index is 0.210. The van der Waals surface area contributed by atoms with Crippen LogP contribution in [0.15, 0.2) is 71.7 Å². The monoisotopic (exact) mass is 318 g/mol. The van der Waals surface area contributed by atoms with E-state index in [1.54, 1.807) is 0 Å². The minimum Gasteiger partial charge on any atom is -0.319 e. The van der Waals surface area contributed by atoms with Crippen LogP contribution in [0, 0.1) is 0 Å². The van der Waals surface area contributed by atoms with Crippen LogP contribution in [-0.2, 0) is 7.05 Å². The number of nitrogens with zero attached hydrogens (tertiary/aromatic N) is 2. The Morgan fingerprint density at radius 3 is 2.52 bits per heavy atom. The summed E-state index contributed by atoms with van der Waals surface area (Å²) < 4.78 is 3.08. The topological polar surface area (TPSA) is 34.4 Å². The summed E-state index contributed by atoms with van der Waals surface area (Å²) >= 11 is 1.53. The van der Waals surface area contributed by atoms with Gasteiger partial charge in [0.15, 0.2) is 4.80 Å². The summed E-state index contributed by atoms with van der Waals surface area (Å²) in [4.78, 5) is 17.5. The fourth-order valence-electron chi connectivity index (χ4n) is 2.66. The number of hydrogen-bond donors (Lipinski definition) is 0. The van der Waals surface area contributed by atoms with Crippen molar-refractivity contribution in [1.82, 2.24) is 4.57 Å². The van der Waals surface area contributed by atoms with E-state index in [0.29, 0.717) is 10.4 Å². The van der Waals surface area contributed by atoms with E-state index in [1.165, 1.54) is 11.3 Å². The maximum absolute atomic E-state index is 12.5. The van der Waals surface area contributed by atoms with Crippen molar-refractivity contribution in [2.45, 2.75) is 0 Å². The summed E-state index contributed by atoms with van der Waals surface area (Å²) in [5.74, 6) is -0.210. The Morgan fingerprint density at radius 1 is 0.957 bits per heavy atom. The number of amides is 1. The molecule has 3 nitrogen and oxygen atoms in total. The Bertz CT molecular complexity index is 1100. The van der Waals surface area contributed by atoms with Crippen molar-refractivity contribution in [2.24, 2.45) is 12.0 Å². The van der Waals surface area contributed by atoms with Crippen LogP contribution in [0.5, 0.6) is 0 Å². The Labute approximate surface area is 137 Å². The van der Waals surface area contributed by atoms with E-state index < -0.39 is 0 Å². The lowest BCUT2D eigenvalue weighted by Gasteiger charge is -2.00. The highest BCUT2D eigenvalue weighted by Gasteiger charge is 2.07. The zero-order valence-corrected chi connectivity index (χ0v) is 13.4. The molecule has 23 heavy (non-hydrogen) atoms. The number of rotatable bonds is 1. The molecular weight excluding hydrogens is 304 g/mol. The second-order valence-corrected chi connectivity index (χ2v) is 6.40. The highest BCUT2D eigenvalue weighted by molar-refractivity contribution is 7.16. The van der Waals surface area contributed by atoms with Gasteiger partial charge >= 0.3 is 0 Å². The molecule has 0 N–H and O–H groups in total. The van der Waals surface area contributed by atoms with E-state index in [-0.39, 0.29) is 5.91 Å². The van der Waals surface area contributed by atoms with E-state index in [2.05, 4.69) is 4.99 Å². The largest absolute Gasteiger partial charge is 0.319 e. The fourth-order valence-corrected chi connectivity index (χ4v) is 3.68. The van der Waals surface area contributed by atoms with Crippen LogP contribution in [0.1, 0.15) is 10.4 Å². The molecule has 0 fully saturated rings. The van der Waals surface area contributed by atoms with Gasteiger partial charge in [-0.3, -0.25) is 4.79 Å². The van der Waals surface area contributed by atoms with E-state index in [9.17, 15) is 4.79 Å². The lowest BCUT2D eigenvalue weighted by atomic mass is 10.1. The van der Waals surface area contributed by atoms with E-state index in [4.69, 9.17) is 0 Å². The number of carbonyl (C=O) groups excluding carboxylic acids is 1. The normalized spacial score (nSPS) is 12.1. The van der Waals surface area contributed by atoms with Crippen molar-refractivity contribution in [3.05, 3.63) is 77.1 Å². The predicted octanol–water partition coefficient (Wildman–Crippen LogP) is 4.13. The first-order valence-electron chi connectivity index (χ1n) is 7.35. The van der Waals surface area contributed by atoms with Crippen LogP contribution < -0.4 is 4.80 Å². The van der Waals surface area contributed by atoms with Crippen LogP contribution in [0.25, 0.3) is 21.0 Å². The van der Waals surface area contributed by atoms with E-state index in [0.717, 1.165) is 21.0 Å². The molecule has 4 rings (SSSR count). The maximum atomic E-state index is 12.5. The van der Waals surface area contributed by atoms with Crippen molar-refractivity contribution in [2.75, 3.05) is 0 Å². The first kappa shape index (κ1) is 13.9. The van der Waals surface area contributed by atoms with Crippen molar-refractivity contribution in [3.63, 3.8) is 0 Å². The van der Waals surface area contributed by atoms with E-state index in [1.807, 2.05) is 78.3 Å². The van der Waals surface area contributed by atoms with Gasteiger partial charge in [-0.15, -0.1) is 0 Å². The molecule has 0 aliphatic carbocycles. The SMILES string of the molecule is Cn1c(=NC(=O)c2ccc3ccccc3c2)sc2ccccc21. The third-order valence-electron chi connectivity index (χ3n) is 3.91. The minimum atomic E-state index is -0.210. The molecule has 0 unspecified atom stereocenters. The van der Waals surface area contributed by atoms with Crippen LogP contribution in [0.4, 0.5) is 0 Å². The summed E-state index contributed by atoms with van der Waals surface area (Å²) in [6.07, 6.45) is 0. The Hall–Kier alpha value is -2.72. The van der Waals surface area contributed by atoms with E-state index >= 15 is 0 Å². The zero-order chi connectivity index (χ0) is 15.8. The van der Waals surface area contributed by atoms with Gasteiger partial charge < -0.3 is 4.57 Å². The van der Waals surface area contributed by atoms with Crippen LogP contribution in [0.2, 0.25) is 0 Å². The van der Waals surface area contributed by atoms with Gasteiger partial charge in [0.25, 0.3) is 5.91 Å². The fraction of sp³-hybridized carbons (Fsp3) is 0.0526. The average molecular weight is 318 g/mol. The van der Waals surface area contributed by atoms with Gasteiger partial charge in [-0.05, 0) is 35.0 Å². The predicted molar refractivity (Wildman–Crippen MR) is 94.6 cm³/mol. The first-order valence-corrected chi connectivity index (χ1v) is 8.16. The van der Waals surface area contributed by atoms with Crippen molar-refractivity contribution in [3.8, 4) is 0 Å². The molecule has 0 aliphatic rings. The van der Waals surface area contributed by atoms with Crippen molar-refractivity contribution < 1.29 is 4.79 Å². The summed E-state index contributed by atoms with van der Waals surface area (Å²) in [7, 11) is 1.94. The zero-order valence-electron chi connectivity index (χ0n) is 12.6. The Morgan fingerprint density at radius 2 is 1.70 bits per heavy atom. The summed E-state index contributed by atoms with van der Waals surface area (Å²) in [5, 5.41) is 2.17. The number of fused-ring (bicyclic) bond motifs is 2. The van der Waals surface area contributed by atoms with Crippen LogP contribution >= 0.6 is 11.3 Å². The number of carbonyl (C=O) groups is 1. The second-order valence-electron chi connectivity index (χ2n) is 5.39. The van der Waals surface area contributed by atoms with Crippen LogP contribution in [0.3, 0.4) is 0 Å². The van der Waals surface area contributed by atoms with Gasteiger partial charge in [0.05, 0.1) is 10.2 Å². The molecule has 0 atom stereocenters.